The summed E-state index contributed by atoms with van der Waals surface area (Å²) < 4.78 is 39.8. The predicted octanol–water partition coefficient (Wildman–Crippen LogP) is 2.63. The van der Waals surface area contributed by atoms with E-state index in [1.807, 2.05) is 0 Å². The Morgan fingerprint density at radius 1 is 1.47 bits per heavy atom. The molecule has 102 valence electrons. The van der Waals surface area contributed by atoms with Gasteiger partial charge in [0.2, 0.25) is 0 Å². The molecule has 2 rings (SSSR count). The molecule has 0 amide bonds. The molecule has 1 aromatic carbocycles. The van der Waals surface area contributed by atoms with E-state index in [0.29, 0.717) is 0 Å². The fraction of sp³-hybridized carbons (Fsp3) is 0.100. The molecule has 0 unspecified atom stereocenters. The maximum atomic E-state index is 13.5. The quantitative estimate of drug-likeness (QED) is 0.910. The number of nitrogens with two attached hydrogens (primary N) is 1. The van der Waals surface area contributed by atoms with Gasteiger partial charge in [-0.2, -0.15) is 0 Å². The van der Waals surface area contributed by atoms with Crippen molar-refractivity contribution in [2.24, 2.45) is 0 Å². The van der Waals surface area contributed by atoms with Crippen molar-refractivity contribution < 1.29 is 12.8 Å². The highest BCUT2D eigenvalue weighted by Gasteiger charge is 2.22. The minimum absolute atomic E-state index is 0.0515. The number of nitrogens with one attached hydrogen (secondary N) is 1. The number of sulfonamides is 1. The number of anilines is 2. The Hall–Kier alpha value is -1.38. The largest absolute Gasteiger partial charge is 0.375 e. The van der Waals surface area contributed by atoms with Crippen LogP contribution in [0.4, 0.5) is 15.2 Å². The molecule has 0 radical (unpaired) electrons. The lowest BCUT2D eigenvalue weighted by atomic mass is 10.3. The van der Waals surface area contributed by atoms with Gasteiger partial charge in [-0.25, -0.2) is 17.8 Å². The number of aromatic nitrogens is 1. The van der Waals surface area contributed by atoms with Gasteiger partial charge >= 0.3 is 0 Å². The molecule has 1 heterocycles. The highest BCUT2D eigenvalue weighted by atomic mass is 35.5. The molecule has 19 heavy (non-hydrogen) atoms. The molecule has 0 bridgehead atoms. The van der Waals surface area contributed by atoms with Crippen molar-refractivity contribution in [3.8, 4) is 0 Å². The molecular weight excluding hydrogens is 313 g/mol. The summed E-state index contributed by atoms with van der Waals surface area (Å²) in [5.41, 5.74) is 5.48. The van der Waals surface area contributed by atoms with Crippen LogP contribution >= 0.6 is 22.9 Å². The second-order valence-electron chi connectivity index (χ2n) is 3.65. The first-order valence-electron chi connectivity index (χ1n) is 5.00. The predicted molar refractivity (Wildman–Crippen MR) is 73.5 cm³/mol. The van der Waals surface area contributed by atoms with E-state index in [2.05, 4.69) is 9.71 Å². The van der Waals surface area contributed by atoms with Crippen molar-refractivity contribution in [3.63, 3.8) is 0 Å². The number of aryl methyl sites for hydroxylation is 1. The maximum absolute atomic E-state index is 13.5. The lowest BCUT2D eigenvalue weighted by Gasteiger charge is -2.08. The number of benzene rings is 1. The molecule has 0 saturated carbocycles. The van der Waals surface area contributed by atoms with E-state index in [1.165, 1.54) is 19.1 Å². The van der Waals surface area contributed by atoms with Gasteiger partial charge in [-0.1, -0.05) is 22.9 Å². The molecule has 0 spiro atoms. The summed E-state index contributed by atoms with van der Waals surface area (Å²) >= 11 is 6.51. The molecule has 9 heteroatoms. The summed E-state index contributed by atoms with van der Waals surface area (Å²) in [5.74, 6) is -0.719. The summed E-state index contributed by atoms with van der Waals surface area (Å²) in [4.78, 5) is 3.82. The zero-order valence-electron chi connectivity index (χ0n) is 9.65. The highest BCUT2D eigenvalue weighted by molar-refractivity contribution is 7.94. The lowest BCUT2D eigenvalue weighted by Crippen LogP contribution is -2.13. The Morgan fingerprint density at radius 2 is 2.16 bits per heavy atom. The second-order valence-corrected chi connectivity index (χ2v) is 7.00. The Morgan fingerprint density at radius 3 is 2.74 bits per heavy atom. The van der Waals surface area contributed by atoms with Crippen LogP contribution in [0.1, 0.15) is 5.69 Å². The van der Waals surface area contributed by atoms with Crippen molar-refractivity contribution in [2.45, 2.75) is 11.1 Å². The molecule has 0 saturated heterocycles. The summed E-state index contributed by atoms with van der Waals surface area (Å²) in [7, 11) is -3.94. The topological polar surface area (TPSA) is 85.1 Å². The number of hydrogen-bond donors (Lipinski definition) is 2. The third kappa shape index (κ3) is 2.96. The molecule has 2 aromatic rings. The molecule has 0 atom stereocenters. The van der Waals surface area contributed by atoms with Crippen molar-refractivity contribution >= 4 is 43.8 Å². The summed E-state index contributed by atoms with van der Waals surface area (Å²) in [6.45, 7) is 1.51. The number of rotatable bonds is 3. The smallest absolute Gasteiger partial charge is 0.273 e. The van der Waals surface area contributed by atoms with Gasteiger partial charge in [0.25, 0.3) is 10.0 Å². The van der Waals surface area contributed by atoms with Crippen LogP contribution in [0.25, 0.3) is 0 Å². The van der Waals surface area contributed by atoms with E-state index in [0.717, 1.165) is 17.4 Å². The van der Waals surface area contributed by atoms with Gasteiger partial charge in [0, 0.05) is 5.02 Å². The molecule has 0 aliphatic rings. The van der Waals surface area contributed by atoms with Gasteiger partial charge in [-0.05, 0) is 25.1 Å². The van der Waals surface area contributed by atoms with Gasteiger partial charge in [-0.15, -0.1) is 0 Å². The number of thiazole rings is 1. The van der Waals surface area contributed by atoms with E-state index in [9.17, 15) is 12.8 Å². The van der Waals surface area contributed by atoms with E-state index < -0.39 is 15.8 Å². The maximum Gasteiger partial charge on any atom is 0.273 e. The zero-order chi connectivity index (χ0) is 14.2. The summed E-state index contributed by atoms with van der Waals surface area (Å²) in [6, 6.07) is 3.59. The van der Waals surface area contributed by atoms with Crippen molar-refractivity contribution in [1.29, 1.82) is 0 Å². The fourth-order valence-corrected chi connectivity index (χ4v) is 3.95. The van der Waals surface area contributed by atoms with Crippen molar-refractivity contribution in [1.82, 2.24) is 4.98 Å². The Labute approximate surface area is 118 Å². The monoisotopic (exact) mass is 321 g/mol. The number of hydrogen-bond acceptors (Lipinski definition) is 5. The van der Waals surface area contributed by atoms with Gasteiger partial charge in [0.05, 0.1) is 11.4 Å². The first kappa shape index (κ1) is 14.0. The molecule has 5 nitrogen and oxygen atoms in total. The third-order valence-electron chi connectivity index (χ3n) is 2.19. The normalized spacial score (nSPS) is 11.5. The van der Waals surface area contributed by atoms with Crippen LogP contribution in [-0.4, -0.2) is 13.4 Å². The van der Waals surface area contributed by atoms with Crippen molar-refractivity contribution in [2.75, 3.05) is 10.5 Å². The van der Waals surface area contributed by atoms with Crippen LogP contribution in [0.2, 0.25) is 5.02 Å². The molecule has 1 aromatic heterocycles. The Kier molecular flexibility index (Phi) is 3.66. The van der Waals surface area contributed by atoms with E-state index in [-0.39, 0.29) is 25.7 Å². The molecule has 3 N–H and O–H groups in total. The summed E-state index contributed by atoms with van der Waals surface area (Å²) in [5, 5.41) is 0.351. The molecule has 0 fully saturated rings. The van der Waals surface area contributed by atoms with E-state index in [4.69, 9.17) is 17.3 Å². The first-order chi connectivity index (χ1) is 8.79. The zero-order valence-corrected chi connectivity index (χ0v) is 12.0. The van der Waals surface area contributed by atoms with Gasteiger partial charge in [0.15, 0.2) is 9.34 Å². The minimum atomic E-state index is -3.94. The first-order valence-corrected chi connectivity index (χ1v) is 7.68. The number of nitrogen functional groups attached to an aromatic ring is 1. The van der Waals surface area contributed by atoms with Crippen LogP contribution in [-0.2, 0) is 10.0 Å². The van der Waals surface area contributed by atoms with Crippen LogP contribution < -0.4 is 10.5 Å². The Bertz CT molecular complexity index is 730. The molecule has 0 aliphatic heterocycles. The third-order valence-corrected chi connectivity index (χ3v) is 5.38. The average molecular weight is 322 g/mol. The number of nitrogens with zero attached hydrogens (tertiary/aromatic N) is 1. The molecular formula is C10H9ClFN3O2S2. The van der Waals surface area contributed by atoms with E-state index >= 15 is 0 Å². The lowest BCUT2D eigenvalue weighted by molar-refractivity contribution is 0.599. The van der Waals surface area contributed by atoms with E-state index in [1.54, 1.807) is 0 Å². The van der Waals surface area contributed by atoms with Crippen LogP contribution in [0.15, 0.2) is 22.4 Å². The number of halogens is 2. The van der Waals surface area contributed by atoms with Gasteiger partial charge in [-0.3, -0.25) is 4.72 Å². The standard InChI is InChI=1S/C10H9ClFN3O2S2/c1-5-9(18-10(13)14-5)19(16,17)15-8-4-6(11)2-3-7(8)12/h2-4,15H,1H3,(H2,13,14). The van der Waals surface area contributed by atoms with Crippen LogP contribution in [0, 0.1) is 12.7 Å². The van der Waals surface area contributed by atoms with Crippen LogP contribution in [0.3, 0.4) is 0 Å². The average Bonchev–Trinajstić information content (AvgIpc) is 2.63. The Balaban J connectivity index is 2.42. The van der Waals surface area contributed by atoms with Crippen LogP contribution in [0.5, 0.6) is 0 Å². The summed E-state index contributed by atoms with van der Waals surface area (Å²) in [6.07, 6.45) is 0. The highest BCUT2D eigenvalue weighted by Crippen LogP contribution is 2.28. The molecule has 0 aliphatic carbocycles. The fourth-order valence-electron chi connectivity index (χ4n) is 1.42. The second kappa shape index (κ2) is 4.95. The van der Waals surface area contributed by atoms with Gasteiger partial charge < -0.3 is 5.73 Å². The minimum Gasteiger partial charge on any atom is -0.375 e. The van der Waals surface area contributed by atoms with Gasteiger partial charge in [0.1, 0.15) is 5.82 Å². The van der Waals surface area contributed by atoms with Crippen molar-refractivity contribution in [3.05, 3.63) is 34.7 Å². The SMILES string of the molecule is Cc1nc(N)sc1S(=O)(=O)Nc1cc(Cl)ccc1F.